The number of nitrogens with zero attached hydrogens (tertiary/aromatic N) is 2. The first-order chi connectivity index (χ1) is 13.2. The van der Waals surface area contributed by atoms with Crippen molar-refractivity contribution in [1.29, 1.82) is 0 Å². The molecule has 1 saturated heterocycles. The van der Waals surface area contributed by atoms with Crippen LogP contribution >= 0.6 is 11.3 Å². The van der Waals surface area contributed by atoms with Crippen LogP contribution in [-0.2, 0) is 9.47 Å². The smallest absolute Gasteiger partial charge is 0.341 e. The molecule has 1 aliphatic heterocycles. The minimum atomic E-state index is -0.454. The van der Waals surface area contributed by atoms with Crippen molar-refractivity contribution >= 4 is 33.9 Å². The van der Waals surface area contributed by atoms with Crippen molar-refractivity contribution in [3.05, 3.63) is 58.2 Å². The molecule has 1 fully saturated rings. The Labute approximate surface area is 160 Å². The van der Waals surface area contributed by atoms with Crippen LogP contribution < -0.4 is 4.90 Å². The molecule has 3 aromatic rings. The molecule has 0 radical (unpaired) electrons. The van der Waals surface area contributed by atoms with Crippen LogP contribution in [0.4, 0.5) is 10.1 Å². The fraction of sp³-hybridized carbons (Fsp3) is 0.300. The monoisotopic (exact) mass is 386 g/mol. The average Bonchev–Trinajstić information content (AvgIpc) is 3.22. The second-order valence-corrected chi connectivity index (χ2v) is 7.04. The summed E-state index contributed by atoms with van der Waals surface area (Å²) in [5.41, 5.74) is 2.74. The molecule has 0 spiro atoms. The zero-order valence-electron chi connectivity index (χ0n) is 14.9. The van der Waals surface area contributed by atoms with Crippen molar-refractivity contribution in [2.75, 3.05) is 31.2 Å². The van der Waals surface area contributed by atoms with Gasteiger partial charge in [-0.15, -0.1) is 0 Å². The standard InChI is InChI=1S/C20H19FN2O3S/c1-2-25-20(24)16-10-22-17-4-3-14(21)9-15(17)19(16)23-6-7-26-18(11-23)13-5-8-27-12-13/h3-5,8-10,12,18H,2,6-7,11H2,1H3. The van der Waals surface area contributed by atoms with Gasteiger partial charge < -0.3 is 14.4 Å². The van der Waals surface area contributed by atoms with E-state index in [0.717, 1.165) is 5.56 Å². The topological polar surface area (TPSA) is 51.7 Å². The lowest BCUT2D eigenvalue weighted by atomic mass is 10.1. The number of thiophene rings is 1. The highest BCUT2D eigenvalue weighted by Gasteiger charge is 2.28. The molecule has 27 heavy (non-hydrogen) atoms. The number of aromatic nitrogens is 1. The molecule has 7 heteroatoms. The Kier molecular flexibility index (Phi) is 5.05. The number of morpholine rings is 1. The quantitative estimate of drug-likeness (QED) is 0.630. The van der Waals surface area contributed by atoms with Crippen molar-refractivity contribution in [1.82, 2.24) is 4.98 Å². The van der Waals surface area contributed by atoms with Gasteiger partial charge in [-0.05, 0) is 47.5 Å². The summed E-state index contributed by atoms with van der Waals surface area (Å²) in [6.45, 7) is 3.70. The maximum absolute atomic E-state index is 14.0. The second-order valence-electron chi connectivity index (χ2n) is 6.26. The van der Waals surface area contributed by atoms with Crippen LogP contribution in [0, 0.1) is 5.82 Å². The van der Waals surface area contributed by atoms with Gasteiger partial charge in [-0.25, -0.2) is 9.18 Å². The number of hydrogen-bond acceptors (Lipinski definition) is 6. The number of pyridine rings is 1. The SMILES string of the molecule is CCOC(=O)c1cnc2ccc(F)cc2c1N1CCOC(c2ccsc2)C1. The summed E-state index contributed by atoms with van der Waals surface area (Å²) >= 11 is 1.62. The summed E-state index contributed by atoms with van der Waals surface area (Å²) < 4.78 is 25.1. The highest BCUT2D eigenvalue weighted by molar-refractivity contribution is 7.07. The van der Waals surface area contributed by atoms with Gasteiger partial charge in [0.25, 0.3) is 0 Å². The Morgan fingerprint density at radius 2 is 2.33 bits per heavy atom. The lowest BCUT2D eigenvalue weighted by molar-refractivity contribution is 0.0396. The lowest BCUT2D eigenvalue weighted by Crippen LogP contribution is -2.39. The Bertz CT molecular complexity index is 961. The van der Waals surface area contributed by atoms with Gasteiger partial charge in [-0.1, -0.05) is 0 Å². The van der Waals surface area contributed by atoms with E-state index in [1.165, 1.54) is 18.3 Å². The van der Waals surface area contributed by atoms with Crippen molar-refractivity contribution in [3.8, 4) is 0 Å². The van der Waals surface area contributed by atoms with E-state index < -0.39 is 5.97 Å². The number of anilines is 1. The van der Waals surface area contributed by atoms with Crippen molar-refractivity contribution in [3.63, 3.8) is 0 Å². The van der Waals surface area contributed by atoms with Crippen molar-refractivity contribution in [2.45, 2.75) is 13.0 Å². The van der Waals surface area contributed by atoms with Gasteiger partial charge in [0.1, 0.15) is 17.5 Å². The summed E-state index contributed by atoms with van der Waals surface area (Å²) in [6.07, 6.45) is 1.42. The molecule has 0 aliphatic carbocycles. The molecule has 1 unspecified atom stereocenters. The lowest BCUT2D eigenvalue weighted by Gasteiger charge is -2.35. The van der Waals surface area contributed by atoms with Crippen LogP contribution in [0.25, 0.3) is 10.9 Å². The first kappa shape index (κ1) is 17.9. The first-order valence-electron chi connectivity index (χ1n) is 8.81. The van der Waals surface area contributed by atoms with E-state index in [1.807, 2.05) is 11.4 Å². The molecule has 1 atom stereocenters. The van der Waals surface area contributed by atoms with E-state index in [2.05, 4.69) is 15.3 Å². The zero-order valence-corrected chi connectivity index (χ0v) is 15.7. The molecular formula is C20H19FN2O3S. The number of halogens is 1. The summed E-state index contributed by atoms with van der Waals surface area (Å²) in [5.74, 6) is -0.820. The zero-order chi connectivity index (χ0) is 18.8. The highest BCUT2D eigenvalue weighted by atomic mass is 32.1. The number of benzene rings is 1. The van der Waals surface area contributed by atoms with Gasteiger partial charge in [0, 0.05) is 24.7 Å². The highest BCUT2D eigenvalue weighted by Crippen LogP contribution is 2.34. The number of esters is 1. The van der Waals surface area contributed by atoms with Crippen LogP contribution in [0.15, 0.2) is 41.2 Å². The van der Waals surface area contributed by atoms with E-state index in [9.17, 15) is 9.18 Å². The van der Waals surface area contributed by atoms with Crippen LogP contribution in [0.5, 0.6) is 0 Å². The maximum Gasteiger partial charge on any atom is 0.341 e. The van der Waals surface area contributed by atoms with E-state index in [0.29, 0.717) is 41.9 Å². The summed E-state index contributed by atoms with van der Waals surface area (Å²) in [5, 5.41) is 4.68. The van der Waals surface area contributed by atoms with Gasteiger partial charge in [0.2, 0.25) is 0 Å². The van der Waals surface area contributed by atoms with Gasteiger partial charge in [-0.2, -0.15) is 11.3 Å². The van der Waals surface area contributed by atoms with E-state index in [4.69, 9.17) is 9.47 Å². The molecule has 1 aromatic carbocycles. The second kappa shape index (κ2) is 7.62. The molecule has 0 saturated carbocycles. The molecule has 0 N–H and O–H groups in total. The van der Waals surface area contributed by atoms with E-state index in [1.54, 1.807) is 24.3 Å². The summed E-state index contributed by atoms with van der Waals surface area (Å²) in [7, 11) is 0. The third-order valence-corrected chi connectivity index (χ3v) is 5.30. The van der Waals surface area contributed by atoms with Gasteiger partial charge in [0.15, 0.2) is 0 Å². The Hall–Kier alpha value is -2.51. The van der Waals surface area contributed by atoms with Crippen molar-refractivity contribution < 1.29 is 18.7 Å². The number of rotatable bonds is 4. The predicted molar refractivity (Wildman–Crippen MR) is 103 cm³/mol. The fourth-order valence-electron chi connectivity index (χ4n) is 3.36. The Morgan fingerprint density at radius 1 is 1.44 bits per heavy atom. The normalized spacial score (nSPS) is 17.3. The molecule has 1 aliphatic rings. The van der Waals surface area contributed by atoms with Crippen LogP contribution in [0.2, 0.25) is 0 Å². The molecule has 0 bridgehead atoms. The Balaban J connectivity index is 1.81. The van der Waals surface area contributed by atoms with Gasteiger partial charge >= 0.3 is 5.97 Å². The molecule has 2 aromatic heterocycles. The third kappa shape index (κ3) is 3.52. The average molecular weight is 386 g/mol. The third-order valence-electron chi connectivity index (χ3n) is 4.59. The summed E-state index contributed by atoms with van der Waals surface area (Å²) in [6, 6.07) is 6.46. The maximum atomic E-state index is 14.0. The van der Waals surface area contributed by atoms with Crippen molar-refractivity contribution in [2.24, 2.45) is 0 Å². The molecule has 4 rings (SSSR count). The number of ether oxygens (including phenoxy) is 2. The summed E-state index contributed by atoms with van der Waals surface area (Å²) in [4.78, 5) is 18.9. The largest absolute Gasteiger partial charge is 0.462 e. The number of carbonyl (C=O) groups is 1. The molecular weight excluding hydrogens is 367 g/mol. The van der Waals surface area contributed by atoms with Crippen LogP contribution in [0.1, 0.15) is 28.9 Å². The fourth-order valence-corrected chi connectivity index (χ4v) is 4.06. The first-order valence-corrected chi connectivity index (χ1v) is 9.75. The number of fused-ring (bicyclic) bond motifs is 1. The van der Waals surface area contributed by atoms with Crippen LogP contribution in [-0.4, -0.2) is 37.3 Å². The Morgan fingerprint density at radius 3 is 3.11 bits per heavy atom. The molecule has 5 nitrogen and oxygen atoms in total. The minimum absolute atomic E-state index is 0.100. The molecule has 3 heterocycles. The predicted octanol–water partition coefficient (Wildman–Crippen LogP) is 4.19. The van der Waals surface area contributed by atoms with Gasteiger partial charge in [-0.3, -0.25) is 4.98 Å². The molecule has 140 valence electrons. The van der Waals surface area contributed by atoms with E-state index >= 15 is 0 Å². The minimum Gasteiger partial charge on any atom is -0.462 e. The number of hydrogen-bond donors (Lipinski definition) is 0. The van der Waals surface area contributed by atoms with Crippen LogP contribution in [0.3, 0.4) is 0 Å². The van der Waals surface area contributed by atoms with Gasteiger partial charge in [0.05, 0.1) is 24.4 Å². The number of carbonyl (C=O) groups excluding carboxylic acids is 1. The van der Waals surface area contributed by atoms with E-state index in [-0.39, 0.29) is 18.5 Å². The molecule has 0 amide bonds.